The molecule has 1 aliphatic rings. The molecule has 3 aromatic carbocycles. The van der Waals surface area contributed by atoms with E-state index >= 15 is 0 Å². The molecule has 216 valence electrons. The Morgan fingerprint density at radius 1 is 0.619 bits per heavy atom. The Hall–Kier alpha value is -3.78. The van der Waals surface area contributed by atoms with E-state index in [1.807, 2.05) is 0 Å². The molecule has 11 nitrogen and oxygen atoms in total. The molecule has 0 saturated carbocycles. The predicted molar refractivity (Wildman–Crippen MR) is 160 cm³/mol. The van der Waals surface area contributed by atoms with Crippen LogP contribution >= 0.6 is 0 Å². The van der Waals surface area contributed by atoms with Crippen molar-refractivity contribution in [2.75, 3.05) is 10.6 Å². The quantitative estimate of drug-likeness (QED) is 0.207. The molecule has 0 aliphatic carbocycles. The lowest BCUT2D eigenvalue weighted by atomic mass is 9.59. The Kier molecular flexibility index (Phi) is 10.3. The fraction of sp³-hybridized carbons (Fsp3) is 0.250. The molecule has 2 amide bonds. The van der Waals surface area contributed by atoms with Crippen molar-refractivity contribution in [3.8, 4) is 0 Å². The highest BCUT2D eigenvalue weighted by Gasteiger charge is 2.45. The summed E-state index contributed by atoms with van der Waals surface area (Å²) in [7, 11) is -3.43. The van der Waals surface area contributed by atoms with Gasteiger partial charge in [-0.3, -0.25) is 14.4 Å². The van der Waals surface area contributed by atoms with Crippen molar-refractivity contribution >= 4 is 66.7 Å². The van der Waals surface area contributed by atoms with Gasteiger partial charge in [0.05, 0.1) is 19.8 Å². The molecule has 1 saturated heterocycles. The highest BCUT2D eigenvalue weighted by Crippen LogP contribution is 2.19. The summed E-state index contributed by atoms with van der Waals surface area (Å²) in [6, 6.07) is 14.9. The van der Waals surface area contributed by atoms with Crippen molar-refractivity contribution in [2.24, 2.45) is 0 Å². The SMILES string of the molecule is CC(=O)Cc1ccc(CO)c(B2OB(c3cc(NC(C)=O)ccc3CO)OB(c3cc(NC(C)=O)ccc3CO)O2)c1. The summed E-state index contributed by atoms with van der Waals surface area (Å²) in [5.41, 5.74) is 4.30. The Morgan fingerprint density at radius 3 is 1.36 bits per heavy atom. The van der Waals surface area contributed by atoms with E-state index in [2.05, 4.69) is 10.6 Å². The summed E-state index contributed by atoms with van der Waals surface area (Å²) in [4.78, 5) is 35.3. The highest BCUT2D eigenvalue weighted by molar-refractivity contribution is 6.87. The summed E-state index contributed by atoms with van der Waals surface area (Å²) >= 11 is 0. The number of hydrogen-bond donors (Lipinski definition) is 5. The summed E-state index contributed by atoms with van der Waals surface area (Å²) in [6.45, 7) is 3.17. The topological polar surface area (TPSA) is 164 Å². The number of anilines is 2. The molecule has 14 heteroatoms. The Bertz CT molecular complexity index is 1310. The normalized spacial score (nSPS) is 13.2. The lowest BCUT2D eigenvalue weighted by Crippen LogP contribution is -2.62. The van der Waals surface area contributed by atoms with Gasteiger partial charge in [0.1, 0.15) is 5.78 Å². The van der Waals surface area contributed by atoms with Crippen LogP contribution < -0.4 is 27.0 Å². The molecule has 1 fully saturated rings. The summed E-state index contributed by atoms with van der Waals surface area (Å²) in [5, 5.41) is 35.8. The van der Waals surface area contributed by atoms with Crippen LogP contribution in [0.5, 0.6) is 0 Å². The maximum absolute atomic E-state index is 11.8. The number of ketones is 1. The van der Waals surface area contributed by atoms with Crippen LogP contribution in [0.25, 0.3) is 0 Å². The minimum absolute atomic E-state index is 0.0491. The highest BCUT2D eigenvalue weighted by atomic mass is 16.7. The van der Waals surface area contributed by atoms with E-state index < -0.39 is 21.4 Å². The van der Waals surface area contributed by atoms with Gasteiger partial charge in [-0.15, -0.1) is 0 Å². The molecule has 5 N–H and O–H groups in total. The molecule has 1 aliphatic heterocycles. The third kappa shape index (κ3) is 7.54. The van der Waals surface area contributed by atoms with Gasteiger partial charge in [0.15, 0.2) is 0 Å². The third-order valence-corrected chi connectivity index (χ3v) is 6.61. The van der Waals surface area contributed by atoms with Crippen LogP contribution in [-0.4, -0.2) is 54.3 Å². The van der Waals surface area contributed by atoms with Crippen LogP contribution in [0.4, 0.5) is 11.4 Å². The van der Waals surface area contributed by atoms with E-state index in [0.717, 1.165) is 0 Å². The zero-order chi connectivity index (χ0) is 30.4. The minimum Gasteiger partial charge on any atom is -0.445 e. The summed E-state index contributed by atoms with van der Waals surface area (Å²) < 4.78 is 18.8. The smallest absolute Gasteiger partial charge is 0.445 e. The predicted octanol–water partition coefficient (Wildman–Crippen LogP) is -0.239. The van der Waals surface area contributed by atoms with Gasteiger partial charge in [-0.2, -0.15) is 0 Å². The zero-order valence-electron chi connectivity index (χ0n) is 23.5. The molecule has 0 bridgehead atoms. The fourth-order valence-corrected chi connectivity index (χ4v) is 4.76. The maximum atomic E-state index is 11.8. The standard InChI is InChI=1S/C28H31B3N2O9/c1-17(37)10-20-4-5-21(14-34)26(11-20)29-40-30(27-12-24(32-18(2)38)8-6-22(27)15-35)42-31(41-29)28-13-25(33-19(3)39)9-7-23(28)16-36/h4-9,11-13,34-36H,10,14-16H2,1-3H3,(H,32,38)(H,33,39). The van der Waals surface area contributed by atoms with Gasteiger partial charge in [-0.25, -0.2) is 0 Å². The van der Waals surface area contributed by atoms with Gasteiger partial charge in [-0.1, -0.05) is 30.3 Å². The third-order valence-electron chi connectivity index (χ3n) is 6.61. The summed E-state index contributed by atoms with van der Waals surface area (Å²) in [6.07, 6.45) is 0.162. The second kappa shape index (κ2) is 13.9. The van der Waals surface area contributed by atoms with Gasteiger partial charge in [0, 0.05) is 31.6 Å². The number of hydrogen-bond acceptors (Lipinski definition) is 9. The van der Waals surface area contributed by atoms with Crippen molar-refractivity contribution in [2.45, 2.75) is 47.0 Å². The van der Waals surface area contributed by atoms with Crippen molar-refractivity contribution in [1.82, 2.24) is 0 Å². The number of rotatable bonds is 10. The number of benzene rings is 3. The van der Waals surface area contributed by atoms with Gasteiger partial charge in [0.25, 0.3) is 0 Å². The van der Waals surface area contributed by atoms with Crippen molar-refractivity contribution in [1.29, 1.82) is 0 Å². The van der Waals surface area contributed by atoms with Crippen LogP contribution in [0.3, 0.4) is 0 Å². The lowest BCUT2D eigenvalue weighted by molar-refractivity contribution is -0.116. The number of Topliss-reactive ketones (excluding diaryl/α,β-unsaturated/α-hetero) is 1. The molecule has 42 heavy (non-hydrogen) atoms. The monoisotopic (exact) mass is 572 g/mol. The first kappa shape index (κ1) is 31.2. The van der Waals surface area contributed by atoms with E-state index in [4.69, 9.17) is 13.7 Å². The molecular formula is C28H31B3N2O9. The van der Waals surface area contributed by atoms with Crippen molar-refractivity contribution in [3.05, 3.63) is 76.9 Å². The number of aliphatic hydroxyl groups excluding tert-OH is 3. The minimum atomic E-state index is -1.15. The molecule has 4 rings (SSSR count). The van der Waals surface area contributed by atoms with Crippen LogP contribution in [0, 0.1) is 0 Å². The first-order valence-electron chi connectivity index (χ1n) is 13.3. The molecule has 0 spiro atoms. The fourth-order valence-electron chi connectivity index (χ4n) is 4.76. The second-order valence-electron chi connectivity index (χ2n) is 9.98. The molecule has 0 unspecified atom stereocenters. The second-order valence-corrected chi connectivity index (χ2v) is 9.98. The van der Waals surface area contributed by atoms with Crippen LogP contribution in [0.2, 0.25) is 0 Å². The number of amides is 2. The van der Waals surface area contributed by atoms with E-state index in [-0.39, 0.29) is 43.8 Å². The molecule has 0 aromatic heterocycles. The van der Waals surface area contributed by atoms with Gasteiger partial charge in [-0.05, 0) is 69.8 Å². The van der Waals surface area contributed by atoms with E-state index in [1.54, 1.807) is 54.6 Å². The zero-order valence-corrected chi connectivity index (χ0v) is 23.5. The largest absolute Gasteiger partial charge is 0.467 e. The Labute approximate surface area is 244 Å². The van der Waals surface area contributed by atoms with Crippen molar-refractivity contribution < 1.29 is 43.4 Å². The average Bonchev–Trinajstić information content (AvgIpc) is 2.96. The molecule has 0 radical (unpaired) electrons. The van der Waals surface area contributed by atoms with Gasteiger partial charge >= 0.3 is 21.4 Å². The van der Waals surface area contributed by atoms with Gasteiger partial charge in [0.2, 0.25) is 11.8 Å². The molecular weight excluding hydrogens is 541 g/mol. The number of carbonyl (C=O) groups is 3. The average molecular weight is 572 g/mol. The first-order chi connectivity index (χ1) is 20.1. The first-order valence-corrected chi connectivity index (χ1v) is 13.3. The lowest BCUT2D eigenvalue weighted by Gasteiger charge is -2.33. The maximum Gasteiger partial charge on any atom is 0.467 e. The van der Waals surface area contributed by atoms with Crippen molar-refractivity contribution in [3.63, 3.8) is 0 Å². The van der Waals surface area contributed by atoms with Crippen LogP contribution in [-0.2, 0) is 54.3 Å². The van der Waals surface area contributed by atoms with Crippen LogP contribution in [0.1, 0.15) is 43.0 Å². The van der Waals surface area contributed by atoms with E-state index in [0.29, 0.717) is 50.0 Å². The Balaban J connectivity index is 1.85. The van der Waals surface area contributed by atoms with Crippen LogP contribution in [0.15, 0.2) is 54.6 Å². The number of carbonyl (C=O) groups excluding carboxylic acids is 3. The molecule has 0 atom stereocenters. The van der Waals surface area contributed by atoms with E-state index in [9.17, 15) is 29.7 Å². The van der Waals surface area contributed by atoms with Gasteiger partial charge < -0.3 is 39.7 Å². The molecule has 3 aromatic rings. The number of nitrogens with one attached hydrogen (secondary N) is 2. The Morgan fingerprint density at radius 2 is 1.00 bits per heavy atom. The van der Waals surface area contributed by atoms with E-state index in [1.165, 1.54) is 20.8 Å². The summed E-state index contributed by atoms with van der Waals surface area (Å²) in [5.74, 6) is -0.633. The number of aliphatic hydroxyl groups is 3. The molecule has 1 heterocycles.